The number of anilines is 1. The van der Waals surface area contributed by atoms with Crippen molar-refractivity contribution >= 4 is 11.5 Å². The highest BCUT2D eigenvalue weighted by atomic mass is 15.4. The predicted octanol–water partition coefficient (Wildman–Crippen LogP) is 1.95. The van der Waals surface area contributed by atoms with Crippen LogP contribution in [-0.4, -0.2) is 19.8 Å². The topological polar surface area (TPSA) is 46.3 Å². The van der Waals surface area contributed by atoms with Crippen molar-refractivity contribution in [3.63, 3.8) is 0 Å². The van der Waals surface area contributed by atoms with Crippen LogP contribution >= 0.6 is 0 Å². The Labute approximate surface area is 110 Å². The molecule has 3 aromatic rings. The van der Waals surface area contributed by atoms with Crippen molar-refractivity contribution in [3.05, 3.63) is 53.3 Å². The van der Waals surface area contributed by atoms with Crippen molar-refractivity contribution in [3.8, 4) is 0 Å². The zero-order chi connectivity index (χ0) is 12.8. The van der Waals surface area contributed by atoms with E-state index in [4.69, 9.17) is 0 Å². The summed E-state index contributed by atoms with van der Waals surface area (Å²) in [6, 6.07) is 12.5. The molecule has 4 rings (SSSR count). The molecule has 0 radical (unpaired) electrons. The van der Waals surface area contributed by atoms with E-state index in [1.165, 1.54) is 11.1 Å². The highest BCUT2D eigenvalue weighted by molar-refractivity contribution is 5.50. The zero-order valence-electron chi connectivity index (χ0n) is 10.6. The first-order valence-corrected chi connectivity index (χ1v) is 6.32. The average Bonchev–Trinajstić information content (AvgIpc) is 3.02. The van der Waals surface area contributed by atoms with Gasteiger partial charge in [-0.3, -0.25) is 0 Å². The quantitative estimate of drug-likeness (QED) is 0.663. The second-order valence-electron chi connectivity index (χ2n) is 4.83. The van der Waals surface area contributed by atoms with E-state index in [9.17, 15) is 0 Å². The van der Waals surface area contributed by atoms with Gasteiger partial charge in [0, 0.05) is 13.1 Å². The molecule has 0 bridgehead atoms. The standard InChI is InChI=1S/C14H13N5/c1-10-15-16-13-6-7-14(17-19(10)13)18-8-11-4-2-3-5-12(11)9-18/h2-7H,8-9H2,1H3. The molecule has 5 nitrogen and oxygen atoms in total. The van der Waals surface area contributed by atoms with E-state index >= 15 is 0 Å². The molecule has 0 atom stereocenters. The van der Waals surface area contributed by atoms with Gasteiger partial charge in [-0.15, -0.1) is 15.3 Å². The molecule has 1 aliphatic rings. The van der Waals surface area contributed by atoms with Gasteiger partial charge in [0.1, 0.15) is 5.82 Å². The number of nitrogens with zero attached hydrogens (tertiary/aromatic N) is 5. The number of aryl methyl sites for hydroxylation is 1. The van der Waals surface area contributed by atoms with E-state index in [0.29, 0.717) is 0 Å². The Morgan fingerprint density at radius 3 is 2.42 bits per heavy atom. The Morgan fingerprint density at radius 1 is 0.947 bits per heavy atom. The third-order valence-electron chi connectivity index (χ3n) is 3.57. The number of rotatable bonds is 1. The summed E-state index contributed by atoms with van der Waals surface area (Å²) in [5.41, 5.74) is 3.55. The van der Waals surface area contributed by atoms with Crippen LogP contribution in [0.2, 0.25) is 0 Å². The molecule has 1 aliphatic heterocycles. The lowest BCUT2D eigenvalue weighted by molar-refractivity contribution is 0.797. The lowest BCUT2D eigenvalue weighted by atomic mass is 10.1. The van der Waals surface area contributed by atoms with Crippen LogP contribution in [0.3, 0.4) is 0 Å². The van der Waals surface area contributed by atoms with Gasteiger partial charge in [0.25, 0.3) is 0 Å². The maximum absolute atomic E-state index is 4.62. The van der Waals surface area contributed by atoms with Crippen LogP contribution in [0.5, 0.6) is 0 Å². The molecule has 0 aliphatic carbocycles. The number of hydrogen-bond donors (Lipinski definition) is 0. The van der Waals surface area contributed by atoms with E-state index < -0.39 is 0 Å². The summed E-state index contributed by atoms with van der Waals surface area (Å²) in [5.74, 6) is 1.78. The summed E-state index contributed by atoms with van der Waals surface area (Å²) in [6.07, 6.45) is 0. The molecule has 0 unspecified atom stereocenters. The first-order valence-electron chi connectivity index (χ1n) is 6.32. The lowest BCUT2D eigenvalue weighted by Gasteiger charge is -2.16. The Bertz CT molecular complexity index is 736. The molecular weight excluding hydrogens is 238 g/mol. The van der Waals surface area contributed by atoms with Crippen LogP contribution in [0.25, 0.3) is 5.65 Å². The predicted molar refractivity (Wildman–Crippen MR) is 71.8 cm³/mol. The second-order valence-corrected chi connectivity index (χ2v) is 4.83. The molecule has 0 spiro atoms. The molecule has 94 valence electrons. The second kappa shape index (κ2) is 3.78. The highest BCUT2D eigenvalue weighted by Crippen LogP contribution is 2.26. The van der Waals surface area contributed by atoms with Gasteiger partial charge >= 0.3 is 0 Å². The number of benzene rings is 1. The maximum Gasteiger partial charge on any atom is 0.178 e. The zero-order valence-corrected chi connectivity index (χ0v) is 10.6. The molecule has 0 fully saturated rings. The van der Waals surface area contributed by atoms with E-state index in [1.807, 2.05) is 19.1 Å². The molecule has 0 saturated carbocycles. The molecule has 5 heteroatoms. The van der Waals surface area contributed by atoms with Crippen molar-refractivity contribution < 1.29 is 0 Å². The number of aromatic nitrogens is 4. The van der Waals surface area contributed by atoms with Crippen molar-refractivity contribution in [2.45, 2.75) is 20.0 Å². The summed E-state index contributed by atoms with van der Waals surface area (Å²) in [5, 5.41) is 12.7. The van der Waals surface area contributed by atoms with Crippen molar-refractivity contribution in [1.29, 1.82) is 0 Å². The van der Waals surface area contributed by atoms with E-state index in [-0.39, 0.29) is 0 Å². The maximum atomic E-state index is 4.62. The lowest BCUT2D eigenvalue weighted by Crippen LogP contribution is -2.17. The fourth-order valence-corrected chi connectivity index (χ4v) is 2.55. The van der Waals surface area contributed by atoms with Crippen LogP contribution in [-0.2, 0) is 13.1 Å². The Balaban J connectivity index is 1.74. The SMILES string of the molecule is Cc1nnc2ccc(N3Cc4ccccc4C3)nn12. The van der Waals surface area contributed by atoms with Crippen molar-refractivity contribution in [1.82, 2.24) is 19.8 Å². The van der Waals surface area contributed by atoms with Crippen LogP contribution in [0.1, 0.15) is 17.0 Å². The third kappa shape index (κ3) is 1.58. The van der Waals surface area contributed by atoms with Gasteiger partial charge in [-0.25, -0.2) is 0 Å². The van der Waals surface area contributed by atoms with Gasteiger partial charge in [-0.2, -0.15) is 4.52 Å². The number of hydrogen-bond acceptors (Lipinski definition) is 4. The van der Waals surface area contributed by atoms with Crippen LogP contribution < -0.4 is 4.90 Å². The molecule has 0 N–H and O–H groups in total. The summed E-state index contributed by atoms with van der Waals surface area (Å²) >= 11 is 0. The fourth-order valence-electron chi connectivity index (χ4n) is 2.55. The minimum Gasteiger partial charge on any atom is -0.346 e. The van der Waals surface area contributed by atoms with Crippen molar-refractivity contribution in [2.75, 3.05) is 4.90 Å². The Morgan fingerprint density at radius 2 is 1.68 bits per heavy atom. The molecule has 19 heavy (non-hydrogen) atoms. The summed E-state index contributed by atoms with van der Waals surface area (Å²) in [4.78, 5) is 2.27. The van der Waals surface area contributed by atoms with Gasteiger partial charge in [-0.1, -0.05) is 24.3 Å². The van der Waals surface area contributed by atoms with E-state index in [2.05, 4.69) is 44.5 Å². The summed E-state index contributed by atoms with van der Waals surface area (Å²) in [6.45, 7) is 3.74. The van der Waals surface area contributed by atoms with Crippen LogP contribution in [0.4, 0.5) is 5.82 Å². The first kappa shape index (κ1) is 10.5. The van der Waals surface area contributed by atoms with E-state index in [0.717, 1.165) is 30.4 Å². The van der Waals surface area contributed by atoms with Crippen LogP contribution in [0.15, 0.2) is 36.4 Å². The Hall–Kier alpha value is -2.43. The molecule has 3 heterocycles. The monoisotopic (exact) mass is 251 g/mol. The van der Waals surface area contributed by atoms with Gasteiger partial charge in [0.05, 0.1) is 0 Å². The van der Waals surface area contributed by atoms with Crippen LogP contribution in [0, 0.1) is 6.92 Å². The Kier molecular flexibility index (Phi) is 2.09. The van der Waals surface area contributed by atoms with Gasteiger partial charge in [0.2, 0.25) is 0 Å². The number of fused-ring (bicyclic) bond motifs is 2. The molecule has 2 aromatic heterocycles. The smallest absolute Gasteiger partial charge is 0.178 e. The molecule has 0 amide bonds. The normalized spacial score (nSPS) is 14.1. The van der Waals surface area contributed by atoms with Crippen molar-refractivity contribution in [2.24, 2.45) is 0 Å². The first-order chi connectivity index (χ1) is 9.31. The van der Waals surface area contributed by atoms with Gasteiger partial charge in [-0.05, 0) is 30.2 Å². The van der Waals surface area contributed by atoms with Gasteiger partial charge < -0.3 is 4.90 Å². The average molecular weight is 251 g/mol. The highest BCUT2D eigenvalue weighted by Gasteiger charge is 2.20. The molecular formula is C14H13N5. The minimum atomic E-state index is 0.790. The minimum absolute atomic E-state index is 0.790. The summed E-state index contributed by atoms with van der Waals surface area (Å²) in [7, 11) is 0. The molecule has 0 saturated heterocycles. The largest absolute Gasteiger partial charge is 0.346 e. The third-order valence-corrected chi connectivity index (χ3v) is 3.57. The fraction of sp³-hybridized carbons (Fsp3) is 0.214. The van der Waals surface area contributed by atoms with E-state index in [1.54, 1.807) is 4.52 Å². The summed E-state index contributed by atoms with van der Waals surface area (Å²) < 4.78 is 1.79. The van der Waals surface area contributed by atoms with Gasteiger partial charge in [0.15, 0.2) is 11.5 Å². The molecule has 1 aromatic carbocycles.